The van der Waals surface area contributed by atoms with Crippen LogP contribution in [0.3, 0.4) is 0 Å². The first-order valence-corrected chi connectivity index (χ1v) is 8.34. The summed E-state index contributed by atoms with van der Waals surface area (Å²) in [6.45, 7) is 0.639. The van der Waals surface area contributed by atoms with Crippen molar-refractivity contribution >= 4 is 22.7 Å². The van der Waals surface area contributed by atoms with Gasteiger partial charge in [-0.15, -0.1) is 0 Å². The normalized spacial score (nSPS) is 10.5. The molecule has 132 valence electrons. The number of benzene rings is 2. The molecule has 0 fully saturated rings. The number of carbonyl (C=O) groups is 2. The highest BCUT2D eigenvalue weighted by Crippen LogP contribution is 2.07. The average molecular weight is 349 g/mol. The van der Waals surface area contributed by atoms with E-state index in [-0.39, 0.29) is 30.0 Å². The maximum Gasteiger partial charge on any atom is 0.267 e. The molecule has 3 rings (SSSR count). The van der Waals surface area contributed by atoms with Gasteiger partial charge in [-0.25, -0.2) is 0 Å². The smallest absolute Gasteiger partial charge is 0.267 e. The molecule has 2 amide bonds. The summed E-state index contributed by atoms with van der Waals surface area (Å²) in [6.07, 6.45) is 0.163. The highest BCUT2D eigenvalue weighted by Gasteiger charge is 2.10. The topological polar surface area (TPSA) is 91.1 Å². The molecule has 3 N–H and O–H groups in total. The zero-order chi connectivity index (χ0) is 18.4. The number of para-hydroxylation sites is 1. The van der Waals surface area contributed by atoms with Gasteiger partial charge in [0.15, 0.2) is 5.43 Å². The van der Waals surface area contributed by atoms with Crippen molar-refractivity contribution in [1.82, 2.24) is 15.6 Å². The molecule has 3 aromatic rings. The number of aromatic nitrogens is 1. The molecule has 0 spiro atoms. The van der Waals surface area contributed by atoms with Crippen molar-refractivity contribution in [2.24, 2.45) is 0 Å². The summed E-state index contributed by atoms with van der Waals surface area (Å²) in [6, 6.07) is 17.9. The van der Waals surface area contributed by atoms with Crippen LogP contribution in [0.25, 0.3) is 10.9 Å². The first-order valence-electron chi connectivity index (χ1n) is 8.34. The number of fused-ring (bicyclic) bond motifs is 1. The van der Waals surface area contributed by atoms with Crippen LogP contribution in [0, 0.1) is 0 Å². The largest absolute Gasteiger partial charge is 0.352 e. The van der Waals surface area contributed by atoms with E-state index >= 15 is 0 Å². The summed E-state index contributed by atoms with van der Waals surface area (Å²) < 4.78 is 0. The molecule has 1 heterocycles. The van der Waals surface area contributed by atoms with Gasteiger partial charge in [-0.3, -0.25) is 14.4 Å². The molecule has 0 saturated carbocycles. The number of aromatic amines is 1. The minimum Gasteiger partial charge on any atom is -0.352 e. The number of hydrogen-bond donors (Lipinski definition) is 3. The van der Waals surface area contributed by atoms with Crippen molar-refractivity contribution in [3.8, 4) is 0 Å². The van der Waals surface area contributed by atoms with Crippen molar-refractivity contribution in [1.29, 1.82) is 0 Å². The van der Waals surface area contributed by atoms with Crippen LogP contribution >= 0.6 is 0 Å². The molecule has 0 aliphatic heterocycles. The lowest BCUT2D eigenvalue weighted by Crippen LogP contribution is -2.31. The van der Waals surface area contributed by atoms with Gasteiger partial charge in [-0.05, 0) is 17.7 Å². The third-order valence-corrected chi connectivity index (χ3v) is 3.95. The Morgan fingerprint density at radius 1 is 0.923 bits per heavy atom. The summed E-state index contributed by atoms with van der Waals surface area (Å²) in [5, 5.41) is 5.98. The van der Waals surface area contributed by atoms with Crippen molar-refractivity contribution in [3.63, 3.8) is 0 Å². The molecule has 2 aromatic carbocycles. The Balaban J connectivity index is 1.51. The van der Waals surface area contributed by atoms with Gasteiger partial charge >= 0.3 is 0 Å². The zero-order valence-corrected chi connectivity index (χ0v) is 14.1. The van der Waals surface area contributed by atoms with Gasteiger partial charge in [0, 0.05) is 36.5 Å². The van der Waals surface area contributed by atoms with Crippen molar-refractivity contribution in [3.05, 3.63) is 82.1 Å². The third kappa shape index (κ3) is 4.36. The van der Waals surface area contributed by atoms with Gasteiger partial charge in [0.1, 0.15) is 5.69 Å². The molecule has 26 heavy (non-hydrogen) atoms. The zero-order valence-electron chi connectivity index (χ0n) is 14.1. The summed E-state index contributed by atoms with van der Waals surface area (Å²) in [5.41, 5.74) is 1.58. The van der Waals surface area contributed by atoms with E-state index in [4.69, 9.17) is 0 Å². The Kier molecular flexibility index (Phi) is 5.43. The molecule has 0 saturated heterocycles. The average Bonchev–Trinajstić information content (AvgIpc) is 2.67. The summed E-state index contributed by atoms with van der Waals surface area (Å²) in [7, 11) is 0. The minimum atomic E-state index is -0.413. The molecule has 6 nitrogen and oxygen atoms in total. The van der Waals surface area contributed by atoms with Crippen molar-refractivity contribution in [2.45, 2.75) is 13.0 Å². The number of nitrogens with one attached hydrogen (secondary N) is 3. The van der Waals surface area contributed by atoms with Gasteiger partial charge in [0.05, 0.1) is 0 Å². The highest BCUT2D eigenvalue weighted by molar-refractivity contribution is 5.95. The molecule has 0 bridgehead atoms. The fraction of sp³-hybridized carbons (Fsp3) is 0.150. The molecule has 1 aromatic heterocycles. The molecule has 6 heteroatoms. The van der Waals surface area contributed by atoms with E-state index in [0.717, 1.165) is 5.56 Å². The van der Waals surface area contributed by atoms with E-state index in [1.807, 2.05) is 30.3 Å². The van der Waals surface area contributed by atoms with E-state index in [1.54, 1.807) is 24.3 Å². The molecular formula is C20H19N3O3. The third-order valence-electron chi connectivity index (χ3n) is 3.95. The van der Waals surface area contributed by atoms with Crippen LogP contribution in [-0.2, 0) is 11.3 Å². The number of carbonyl (C=O) groups excluding carboxylic acids is 2. The predicted molar refractivity (Wildman–Crippen MR) is 99.8 cm³/mol. The Bertz CT molecular complexity index is 980. The monoisotopic (exact) mass is 349 g/mol. The molecule has 0 aliphatic rings. The minimum absolute atomic E-state index is 0.152. The van der Waals surface area contributed by atoms with Gasteiger partial charge < -0.3 is 15.6 Å². The van der Waals surface area contributed by atoms with Crippen LogP contribution in [-0.4, -0.2) is 23.3 Å². The first kappa shape index (κ1) is 17.4. The van der Waals surface area contributed by atoms with Crippen LogP contribution < -0.4 is 16.1 Å². The highest BCUT2D eigenvalue weighted by atomic mass is 16.2. The van der Waals surface area contributed by atoms with E-state index in [0.29, 0.717) is 17.4 Å². The number of rotatable bonds is 6. The summed E-state index contributed by atoms with van der Waals surface area (Å²) in [5.74, 6) is -0.565. The van der Waals surface area contributed by atoms with Crippen LogP contribution in [0.2, 0.25) is 0 Å². The van der Waals surface area contributed by atoms with Crippen LogP contribution in [0.5, 0.6) is 0 Å². The Hall–Kier alpha value is -3.41. The molecule has 0 atom stereocenters. The molecule has 0 radical (unpaired) electrons. The number of hydrogen-bond acceptors (Lipinski definition) is 3. The summed E-state index contributed by atoms with van der Waals surface area (Å²) in [4.78, 5) is 39.0. The predicted octanol–water partition coefficient (Wildman–Crippen LogP) is 1.96. The van der Waals surface area contributed by atoms with Gasteiger partial charge in [0.25, 0.3) is 5.91 Å². The van der Waals surface area contributed by atoms with Crippen LogP contribution in [0.15, 0.2) is 65.5 Å². The number of pyridine rings is 1. The number of amides is 2. The quantitative estimate of drug-likeness (QED) is 0.635. The molecule has 0 unspecified atom stereocenters. The number of H-pyrrole nitrogens is 1. The maximum absolute atomic E-state index is 12.2. The van der Waals surface area contributed by atoms with E-state index in [9.17, 15) is 14.4 Å². The summed E-state index contributed by atoms with van der Waals surface area (Å²) >= 11 is 0. The lowest BCUT2D eigenvalue weighted by atomic mass is 10.2. The first-order chi connectivity index (χ1) is 12.6. The Morgan fingerprint density at radius 2 is 1.65 bits per heavy atom. The van der Waals surface area contributed by atoms with Crippen molar-refractivity contribution < 1.29 is 9.59 Å². The van der Waals surface area contributed by atoms with Gasteiger partial charge in [0.2, 0.25) is 5.91 Å². The van der Waals surface area contributed by atoms with Gasteiger partial charge in [-0.2, -0.15) is 0 Å². The van der Waals surface area contributed by atoms with Crippen molar-refractivity contribution in [2.75, 3.05) is 6.54 Å². The molecular weight excluding hydrogens is 330 g/mol. The second-order valence-electron chi connectivity index (χ2n) is 5.86. The van der Waals surface area contributed by atoms with E-state index in [1.165, 1.54) is 6.07 Å². The maximum atomic E-state index is 12.2. The molecule has 0 aliphatic carbocycles. The van der Waals surface area contributed by atoms with Gasteiger partial charge in [-0.1, -0.05) is 42.5 Å². The fourth-order valence-electron chi connectivity index (χ4n) is 2.59. The standard InChI is InChI=1S/C20H19N3O3/c24-18-12-17(23-16-9-5-4-8-15(16)18)20(26)21-11-10-19(25)22-13-14-6-2-1-3-7-14/h1-9,12H,10-11,13H2,(H,21,26)(H,22,25)(H,23,24). The second kappa shape index (κ2) is 8.11. The van der Waals surface area contributed by atoms with E-state index in [2.05, 4.69) is 15.6 Å². The van der Waals surface area contributed by atoms with E-state index < -0.39 is 5.91 Å². The lowest BCUT2D eigenvalue weighted by molar-refractivity contribution is -0.121. The Labute approximate surface area is 150 Å². The van der Waals surface area contributed by atoms with Crippen LogP contribution in [0.4, 0.5) is 0 Å². The fourth-order valence-corrected chi connectivity index (χ4v) is 2.59. The second-order valence-corrected chi connectivity index (χ2v) is 5.86. The van der Waals surface area contributed by atoms with Crippen LogP contribution in [0.1, 0.15) is 22.5 Å². The Morgan fingerprint density at radius 3 is 2.46 bits per heavy atom. The lowest BCUT2D eigenvalue weighted by Gasteiger charge is -2.08. The SMILES string of the molecule is O=C(CCNC(=O)c1cc(=O)c2ccccc2[nH]1)NCc1ccccc1.